The summed E-state index contributed by atoms with van der Waals surface area (Å²) in [5.41, 5.74) is 3.21. The molecule has 0 aliphatic heterocycles. The SMILES string of the molecule is CC.Cc1cc(C=O)ccc1Cl.Cc1cc(C=O)ccc1Cl. The second-order valence-electron chi connectivity index (χ2n) is 4.25. The van der Waals surface area contributed by atoms with Crippen molar-refractivity contribution < 1.29 is 9.59 Å². The molecule has 0 saturated heterocycles. The van der Waals surface area contributed by atoms with E-state index in [9.17, 15) is 9.59 Å². The smallest absolute Gasteiger partial charge is 0.150 e. The lowest BCUT2D eigenvalue weighted by molar-refractivity contribution is 0.111. The van der Waals surface area contributed by atoms with E-state index >= 15 is 0 Å². The number of hydrogen-bond acceptors (Lipinski definition) is 2. The fraction of sp³-hybridized carbons (Fsp3) is 0.222. The van der Waals surface area contributed by atoms with Gasteiger partial charge in [-0.15, -0.1) is 0 Å². The number of hydrogen-bond donors (Lipinski definition) is 0. The van der Waals surface area contributed by atoms with Crippen LogP contribution < -0.4 is 0 Å². The Kier molecular flexibility index (Phi) is 10.2. The average Bonchev–Trinajstić information content (AvgIpc) is 2.55. The van der Waals surface area contributed by atoms with Crippen LogP contribution in [0.15, 0.2) is 36.4 Å². The van der Waals surface area contributed by atoms with E-state index in [4.69, 9.17) is 23.2 Å². The zero-order chi connectivity index (χ0) is 17.1. The minimum absolute atomic E-state index is 0.668. The van der Waals surface area contributed by atoms with E-state index in [1.807, 2.05) is 27.7 Å². The standard InChI is InChI=1S/2C8H7ClO.C2H6/c2*1-6-4-7(5-10)2-3-8(6)9;1-2/h2*2-5H,1H3;1-2H3. The van der Waals surface area contributed by atoms with Gasteiger partial charge in [0, 0.05) is 21.2 Å². The van der Waals surface area contributed by atoms with Gasteiger partial charge in [0.05, 0.1) is 0 Å². The largest absolute Gasteiger partial charge is 0.298 e. The van der Waals surface area contributed by atoms with E-state index in [-0.39, 0.29) is 0 Å². The highest BCUT2D eigenvalue weighted by atomic mass is 35.5. The molecular weight excluding hydrogens is 319 g/mol. The molecule has 2 nitrogen and oxygen atoms in total. The van der Waals surface area contributed by atoms with Crippen molar-refractivity contribution in [1.29, 1.82) is 0 Å². The molecule has 0 aromatic heterocycles. The Morgan fingerprint density at radius 1 is 0.727 bits per heavy atom. The molecule has 2 aromatic rings. The third-order valence-electron chi connectivity index (χ3n) is 2.64. The first-order valence-electron chi connectivity index (χ1n) is 6.90. The van der Waals surface area contributed by atoms with Gasteiger partial charge >= 0.3 is 0 Å². The first kappa shape index (κ1) is 20.4. The van der Waals surface area contributed by atoms with Crippen LogP contribution in [-0.4, -0.2) is 12.6 Å². The van der Waals surface area contributed by atoms with Crippen LogP contribution in [0.4, 0.5) is 0 Å². The molecule has 4 heteroatoms. The first-order valence-corrected chi connectivity index (χ1v) is 7.66. The Labute approximate surface area is 142 Å². The van der Waals surface area contributed by atoms with Crippen LogP contribution in [0.2, 0.25) is 10.0 Å². The summed E-state index contributed by atoms with van der Waals surface area (Å²) in [4.78, 5) is 20.5. The van der Waals surface area contributed by atoms with Gasteiger partial charge in [0.1, 0.15) is 12.6 Å². The fourth-order valence-corrected chi connectivity index (χ4v) is 1.72. The van der Waals surface area contributed by atoms with E-state index in [1.165, 1.54) is 0 Å². The molecule has 0 heterocycles. The van der Waals surface area contributed by atoms with Gasteiger partial charge in [-0.25, -0.2) is 0 Å². The second-order valence-corrected chi connectivity index (χ2v) is 5.07. The molecule has 2 rings (SSSR count). The van der Waals surface area contributed by atoms with Crippen LogP contribution in [0.5, 0.6) is 0 Å². The van der Waals surface area contributed by atoms with Crippen molar-refractivity contribution in [2.45, 2.75) is 27.7 Å². The summed E-state index contributed by atoms with van der Waals surface area (Å²) in [6.45, 7) is 7.74. The molecule has 0 N–H and O–H groups in total. The number of halogens is 2. The maximum Gasteiger partial charge on any atom is 0.150 e. The lowest BCUT2D eigenvalue weighted by Crippen LogP contribution is -1.81. The van der Waals surface area contributed by atoms with Crippen LogP contribution in [0.1, 0.15) is 45.7 Å². The molecule has 0 fully saturated rings. The monoisotopic (exact) mass is 338 g/mol. The van der Waals surface area contributed by atoms with Gasteiger partial charge in [0.15, 0.2) is 0 Å². The third-order valence-corrected chi connectivity index (χ3v) is 3.48. The highest BCUT2D eigenvalue weighted by molar-refractivity contribution is 6.31. The molecule has 0 saturated carbocycles. The van der Waals surface area contributed by atoms with Gasteiger partial charge in [0.2, 0.25) is 0 Å². The Morgan fingerprint density at radius 2 is 1.05 bits per heavy atom. The Hall–Kier alpha value is -1.64. The number of aldehydes is 2. The molecule has 118 valence electrons. The number of aryl methyl sites for hydroxylation is 2. The Bertz CT molecular complexity index is 567. The van der Waals surface area contributed by atoms with Crippen LogP contribution in [-0.2, 0) is 0 Å². The molecule has 0 amide bonds. The van der Waals surface area contributed by atoms with Crippen molar-refractivity contribution in [2.75, 3.05) is 0 Å². The van der Waals surface area contributed by atoms with Gasteiger partial charge < -0.3 is 0 Å². The topological polar surface area (TPSA) is 34.1 Å². The van der Waals surface area contributed by atoms with Crippen LogP contribution in [0, 0.1) is 13.8 Å². The summed E-state index contributed by atoms with van der Waals surface area (Å²) in [5.74, 6) is 0. The molecule has 0 atom stereocenters. The molecule has 0 spiro atoms. The van der Waals surface area contributed by atoms with Crippen molar-refractivity contribution in [3.05, 3.63) is 68.7 Å². The predicted octanol–water partition coefficient (Wildman–Crippen LogP) is 5.95. The van der Waals surface area contributed by atoms with Crippen LogP contribution in [0.3, 0.4) is 0 Å². The lowest BCUT2D eigenvalue weighted by atomic mass is 10.2. The lowest BCUT2D eigenvalue weighted by Gasteiger charge is -1.95. The highest BCUT2D eigenvalue weighted by Gasteiger charge is 1.95. The van der Waals surface area contributed by atoms with E-state index in [2.05, 4.69) is 0 Å². The molecule has 0 bridgehead atoms. The molecule has 0 aliphatic rings. The average molecular weight is 339 g/mol. The van der Waals surface area contributed by atoms with Gasteiger partial charge in [-0.3, -0.25) is 9.59 Å². The number of carbonyl (C=O) groups is 2. The second kappa shape index (κ2) is 11.0. The quantitative estimate of drug-likeness (QED) is 0.634. The maximum atomic E-state index is 10.2. The minimum atomic E-state index is 0.668. The van der Waals surface area contributed by atoms with Crippen molar-refractivity contribution >= 4 is 35.8 Å². The molecule has 0 aliphatic carbocycles. The predicted molar refractivity (Wildman–Crippen MR) is 94.5 cm³/mol. The third kappa shape index (κ3) is 6.88. The van der Waals surface area contributed by atoms with E-state index in [0.29, 0.717) is 21.2 Å². The summed E-state index contributed by atoms with van der Waals surface area (Å²) in [6, 6.07) is 10.4. The van der Waals surface area contributed by atoms with E-state index in [0.717, 1.165) is 23.7 Å². The summed E-state index contributed by atoms with van der Waals surface area (Å²) < 4.78 is 0. The minimum Gasteiger partial charge on any atom is -0.298 e. The van der Waals surface area contributed by atoms with Crippen LogP contribution >= 0.6 is 23.2 Å². The summed E-state index contributed by atoms with van der Waals surface area (Å²) in [6.07, 6.45) is 1.62. The number of benzene rings is 2. The van der Waals surface area contributed by atoms with Crippen molar-refractivity contribution in [1.82, 2.24) is 0 Å². The van der Waals surface area contributed by atoms with Crippen LogP contribution in [0.25, 0.3) is 0 Å². The normalized spacial score (nSPS) is 8.82. The Balaban J connectivity index is 0.000000360. The summed E-state index contributed by atoms with van der Waals surface area (Å²) >= 11 is 11.4. The van der Waals surface area contributed by atoms with Crippen molar-refractivity contribution in [3.8, 4) is 0 Å². The summed E-state index contributed by atoms with van der Waals surface area (Å²) in [7, 11) is 0. The van der Waals surface area contributed by atoms with Gasteiger partial charge in [-0.2, -0.15) is 0 Å². The molecule has 22 heavy (non-hydrogen) atoms. The summed E-state index contributed by atoms with van der Waals surface area (Å²) in [5, 5.41) is 1.40. The number of rotatable bonds is 2. The Morgan fingerprint density at radius 3 is 1.27 bits per heavy atom. The van der Waals surface area contributed by atoms with E-state index in [1.54, 1.807) is 36.4 Å². The van der Waals surface area contributed by atoms with Crippen molar-refractivity contribution in [2.24, 2.45) is 0 Å². The zero-order valence-corrected chi connectivity index (χ0v) is 14.7. The maximum absolute atomic E-state index is 10.2. The molecule has 0 unspecified atom stereocenters. The van der Waals surface area contributed by atoms with Gasteiger partial charge in [-0.05, 0) is 49.2 Å². The molecule has 2 aromatic carbocycles. The molecular formula is C18H20Cl2O2. The van der Waals surface area contributed by atoms with Gasteiger partial charge in [0.25, 0.3) is 0 Å². The van der Waals surface area contributed by atoms with Gasteiger partial charge in [-0.1, -0.05) is 49.2 Å². The number of carbonyl (C=O) groups excluding carboxylic acids is 2. The van der Waals surface area contributed by atoms with E-state index < -0.39 is 0 Å². The first-order chi connectivity index (χ1) is 10.5. The van der Waals surface area contributed by atoms with Crippen molar-refractivity contribution in [3.63, 3.8) is 0 Å². The zero-order valence-electron chi connectivity index (χ0n) is 13.2. The molecule has 0 radical (unpaired) electrons. The highest BCUT2D eigenvalue weighted by Crippen LogP contribution is 2.15. The fourth-order valence-electron chi connectivity index (χ4n) is 1.48.